The fourth-order valence-corrected chi connectivity index (χ4v) is 1.76. The molecule has 20 heavy (non-hydrogen) atoms. The lowest BCUT2D eigenvalue weighted by Gasteiger charge is -2.35. The number of nitrogens with zero attached hydrogens (tertiary/aromatic N) is 2. The topological polar surface area (TPSA) is 73.3 Å². The van der Waals surface area contributed by atoms with Gasteiger partial charge < -0.3 is 14.8 Å². The van der Waals surface area contributed by atoms with Crippen molar-refractivity contribution in [3.63, 3.8) is 0 Å². The number of hydrogen-bond donors (Lipinski definition) is 1. The molecule has 2 rings (SSSR count). The van der Waals surface area contributed by atoms with E-state index in [2.05, 4.69) is 15.3 Å². The molecular weight excluding hydrogens is 265 g/mol. The molecule has 1 N–H and O–H groups in total. The lowest BCUT2D eigenvalue weighted by Crippen LogP contribution is -2.50. The highest BCUT2D eigenvalue weighted by Crippen LogP contribution is 2.24. The van der Waals surface area contributed by atoms with E-state index >= 15 is 0 Å². The van der Waals surface area contributed by atoms with Crippen molar-refractivity contribution in [2.45, 2.75) is 51.4 Å². The lowest BCUT2D eigenvalue weighted by atomic mass is 9.89. The van der Waals surface area contributed by atoms with Gasteiger partial charge >= 0.3 is 12.1 Å². The van der Waals surface area contributed by atoms with Crippen LogP contribution in [0, 0.1) is 5.82 Å². The second-order valence-electron chi connectivity index (χ2n) is 5.74. The number of halogens is 1. The first-order valence-corrected chi connectivity index (χ1v) is 6.45. The minimum atomic E-state index is -0.508. The van der Waals surface area contributed by atoms with E-state index in [4.69, 9.17) is 9.47 Å². The highest BCUT2D eigenvalue weighted by atomic mass is 19.1. The largest absolute Gasteiger partial charge is 0.460 e. The van der Waals surface area contributed by atoms with Crippen LogP contribution in [-0.4, -0.2) is 33.8 Å². The van der Waals surface area contributed by atoms with Gasteiger partial charge in [-0.3, -0.25) is 0 Å². The fourth-order valence-electron chi connectivity index (χ4n) is 1.76. The van der Waals surface area contributed by atoms with Gasteiger partial charge in [-0.05, 0) is 20.8 Å². The Kier molecular flexibility index (Phi) is 4.06. The van der Waals surface area contributed by atoms with Crippen LogP contribution in [0.2, 0.25) is 0 Å². The summed E-state index contributed by atoms with van der Waals surface area (Å²) < 4.78 is 23.2. The summed E-state index contributed by atoms with van der Waals surface area (Å²) in [6.07, 6.45) is 2.91. The Hall–Kier alpha value is -1.92. The second-order valence-corrected chi connectivity index (χ2v) is 5.74. The van der Waals surface area contributed by atoms with Crippen molar-refractivity contribution in [1.29, 1.82) is 0 Å². The van der Waals surface area contributed by atoms with Gasteiger partial charge in [0.1, 0.15) is 11.7 Å². The molecule has 1 fully saturated rings. The van der Waals surface area contributed by atoms with Gasteiger partial charge in [-0.15, -0.1) is 0 Å². The van der Waals surface area contributed by atoms with Crippen LogP contribution in [-0.2, 0) is 4.74 Å². The summed E-state index contributed by atoms with van der Waals surface area (Å²) in [5, 5.41) is 2.76. The van der Waals surface area contributed by atoms with E-state index in [0.717, 1.165) is 12.4 Å². The summed E-state index contributed by atoms with van der Waals surface area (Å²) in [6.45, 7) is 5.43. The molecule has 0 aliphatic heterocycles. The molecule has 0 unspecified atom stereocenters. The molecule has 0 spiro atoms. The Morgan fingerprint density at radius 1 is 1.35 bits per heavy atom. The third-order valence-corrected chi connectivity index (χ3v) is 2.68. The monoisotopic (exact) mass is 283 g/mol. The van der Waals surface area contributed by atoms with Gasteiger partial charge in [0.05, 0.1) is 12.4 Å². The average molecular weight is 283 g/mol. The predicted molar refractivity (Wildman–Crippen MR) is 68.8 cm³/mol. The van der Waals surface area contributed by atoms with Gasteiger partial charge in [0, 0.05) is 18.9 Å². The van der Waals surface area contributed by atoms with Crippen LogP contribution in [0.1, 0.15) is 33.6 Å². The summed E-state index contributed by atoms with van der Waals surface area (Å²) in [4.78, 5) is 19.0. The maximum atomic E-state index is 12.6. The number of aromatic nitrogens is 2. The van der Waals surface area contributed by atoms with E-state index in [1.807, 2.05) is 20.8 Å². The van der Waals surface area contributed by atoms with Crippen molar-refractivity contribution in [2.75, 3.05) is 0 Å². The molecule has 1 aromatic rings. The first-order valence-electron chi connectivity index (χ1n) is 6.45. The number of rotatable bonds is 3. The van der Waals surface area contributed by atoms with Gasteiger partial charge in [0.25, 0.3) is 0 Å². The van der Waals surface area contributed by atoms with Crippen LogP contribution in [0.25, 0.3) is 0 Å². The second kappa shape index (κ2) is 5.60. The van der Waals surface area contributed by atoms with Crippen molar-refractivity contribution in [3.05, 3.63) is 18.2 Å². The Labute approximate surface area is 116 Å². The number of carbonyl (C=O) groups excluding carboxylic acids is 1. The molecule has 110 valence electrons. The van der Waals surface area contributed by atoms with Crippen LogP contribution in [0.3, 0.4) is 0 Å². The summed E-state index contributed by atoms with van der Waals surface area (Å²) in [6, 6.07) is 0.169. The van der Waals surface area contributed by atoms with E-state index < -0.39 is 17.5 Å². The quantitative estimate of drug-likeness (QED) is 0.919. The number of amides is 1. The molecule has 1 saturated carbocycles. The minimum absolute atomic E-state index is 0.0234. The number of carbonyl (C=O) groups is 1. The summed E-state index contributed by atoms with van der Waals surface area (Å²) in [7, 11) is 0. The van der Waals surface area contributed by atoms with Crippen molar-refractivity contribution in [2.24, 2.45) is 0 Å². The van der Waals surface area contributed by atoms with Gasteiger partial charge in [-0.25, -0.2) is 19.2 Å². The van der Waals surface area contributed by atoms with E-state index in [9.17, 15) is 9.18 Å². The average Bonchev–Trinajstić information content (AvgIpc) is 2.26. The first kappa shape index (κ1) is 14.5. The Balaban J connectivity index is 1.70. The molecule has 1 aliphatic rings. The van der Waals surface area contributed by atoms with Crippen molar-refractivity contribution >= 4 is 6.09 Å². The molecule has 0 saturated heterocycles. The molecule has 0 bridgehead atoms. The summed E-state index contributed by atoms with van der Waals surface area (Å²) in [5.74, 6) is -0.504. The first-order chi connectivity index (χ1) is 9.32. The fraction of sp³-hybridized carbons (Fsp3) is 0.615. The van der Waals surface area contributed by atoms with Crippen LogP contribution in [0.4, 0.5) is 9.18 Å². The predicted octanol–water partition coefficient (Wildman–Crippen LogP) is 2.05. The zero-order chi connectivity index (χ0) is 14.8. The highest BCUT2D eigenvalue weighted by molar-refractivity contribution is 5.68. The standard InChI is InChI=1S/C13H18FN3O3/c1-13(2,3)20-12(18)17-9-4-10(5-9)19-11-15-6-8(14)7-16-11/h6-7,9-10H,4-5H2,1-3H3,(H,17,18). The highest BCUT2D eigenvalue weighted by Gasteiger charge is 2.33. The Morgan fingerprint density at radius 2 is 1.95 bits per heavy atom. The normalized spacial score (nSPS) is 21.8. The van der Waals surface area contributed by atoms with E-state index in [-0.39, 0.29) is 18.2 Å². The van der Waals surface area contributed by atoms with Gasteiger partial charge in [0.15, 0.2) is 5.82 Å². The molecule has 1 amide bonds. The van der Waals surface area contributed by atoms with Gasteiger partial charge in [0.2, 0.25) is 0 Å². The number of ether oxygens (including phenoxy) is 2. The number of nitrogens with one attached hydrogen (secondary N) is 1. The molecular formula is C13H18FN3O3. The van der Waals surface area contributed by atoms with Crippen molar-refractivity contribution in [3.8, 4) is 6.01 Å². The zero-order valence-corrected chi connectivity index (χ0v) is 11.7. The molecule has 1 aromatic heterocycles. The molecule has 1 aliphatic carbocycles. The molecule has 0 atom stereocenters. The van der Waals surface area contributed by atoms with Crippen LogP contribution < -0.4 is 10.1 Å². The third kappa shape index (κ3) is 4.32. The number of hydrogen-bond acceptors (Lipinski definition) is 5. The Morgan fingerprint density at radius 3 is 2.50 bits per heavy atom. The Bertz CT molecular complexity index is 467. The van der Waals surface area contributed by atoms with Crippen molar-refractivity contribution in [1.82, 2.24) is 15.3 Å². The molecule has 6 nitrogen and oxygen atoms in total. The maximum absolute atomic E-state index is 12.6. The van der Waals surface area contributed by atoms with Gasteiger partial charge in [-0.2, -0.15) is 0 Å². The van der Waals surface area contributed by atoms with E-state index in [1.165, 1.54) is 0 Å². The third-order valence-electron chi connectivity index (χ3n) is 2.68. The number of alkyl carbamates (subject to hydrolysis) is 1. The molecule has 7 heteroatoms. The summed E-state index contributed by atoms with van der Waals surface area (Å²) in [5.41, 5.74) is -0.508. The molecule has 0 radical (unpaired) electrons. The smallest absolute Gasteiger partial charge is 0.407 e. The molecule has 0 aromatic carbocycles. The lowest BCUT2D eigenvalue weighted by molar-refractivity contribution is 0.0344. The summed E-state index contributed by atoms with van der Waals surface area (Å²) >= 11 is 0. The maximum Gasteiger partial charge on any atom is 0.407 e. The minimum Gasteiger partial charge on any atom is -0.460 e. The molecule has 1 heterocycles. The zero-order valence-electron chi connectivity index (χ0n) is 11.7. The van der Waals surface area contributed by atoms with Crippen LogP contribution in [0.15, 0.2) is 12.4 Å². The SMILES string of the molecule is CC(C)(C)OC(=O)NC1CC(Oc2ncc(F)cn2)C1. The van der Waals surface area contributed by atoms with Gasteiger partial charge in [-0.1, -0.05) is 0 Å². The van der Waals surface area contributed by atoms with Crippen LogP contribution >= 0.6 is 0 Å². The van der Waals surface area contributed by atoms with E-state index in [1.54, 1.807) is 0 Å². The van der Waals surface area contributed by atoms with E-state index in [0.29, 0.717) is 12.8 Å². The van der Waals surface area contributed by atoms with Crippen LogP contribution in [0.5, 0.6) is 6.01 Å². The van der Waals surface area contributed by atoms with Crippen molar-refractivity contribution < 1.29 is 18.7 Å².